The lowest BCUT2D eigenvalue weighted by Gasteiger charge is -2.19. The number of imidazole rings is 1. The van der Waals surface area contributed by atoms with Gasteiger partial charge in [-0.25, -0.2) is 9.37 Å². The molecule has 2 aromatic carbocycles. The predicted octanol–water partition coefficient (Wildman–Crippen LogP) is 2.78. The van der Waals surface area contributed by atoms with Crippen LogP contribution in [0, 0.1) is 5.82 Å². The lowest BCUT2D eigenvalue weighted by Crippen LogP contribution is -2.31. The van der Waals surface area contributed by atoms with E-state index in [0.29, 0.717) is 11.4 Å². The van der Waals surface area contributed by atoms with E-state index in [-0.39, 0.29) is 17.5 Å². The Morgan fingerprint density at radius 3 is 2.42 bits per heavy atom. The first-order valence-electron chi connectivity index (χ1n) is 7.37. The number of aryl methyl sites for hydroxylation is 1. The summed E-state index contributed by atoms with van der Waals surface area (Å²) in [4.78, 5) is 16.8. The lowest BCUT2D eigenvalue weighted by atomic mass is 10.1. The third-order valence-corrected chi connectivity index (χ3v) is 3.72. The summed E-state index contributed by atoms with van der Waals surface area (Å²) in [6, 6.07) is 11.4. The Labute approximate surface area is 138 Å². The van der Waals surface area contributed by atoms with Crippen molar-refractivity contribution in [2.45, 2.75) is 6.04 Å². The zero-order chi connectivity index (χ0) is 17.1. The molecule has 1 unspecified atom stereocenters. The molecule has 0 spiro atoms. The number of benzene rings is 2. The van der Waals surface area contributed by atoms with Crippen LogP contribution in [0.3, 0.4) is 0 Å². The van der Waals surface area contributed by atoms with Crippen molar-refractivity contribution in [1.29, 1.82) is 0 Å². The second kappa shape index (κ2) is 6.54. The Hall–Kier alpha value is -3.15. The van der Waals surface area contributed by atoms with Crippen LogP contribution in [0.4, 0.5) is 4.39 Å². The zero-order valence-electron chi connectivity index (χ0n) is 13.0. The van der Waals surface area contributed by atoms with Gasteiger partial charge in [-0.3, -0.25) is 4.79 Å². The van der Waals surface area contributed by atoms with Gasteiger partial charge in [-0.2, -0.15) is 0 Å². The summed E-state index contributed by atoms with van der Waals surface area (Å²) in [5.41, 5.74) is 1.13. The number of carbonyl (C=O) groups is 1. The topological polar surface area (TPSA) is 67.2 Å². The van der Waals surface area contributed by atoms with Crippen LogP contribution >= 0.6 is 0 Å². The molecular formula is C18H16FN3O2. The van der Waals surface area contributed by atoms with E-state index in [4.69, 9.17) is 0 Å². The van der Waals surface area contributed by atoms with Crippen LogP contribution in [0.1, 0.15) is 27.8 Å². The van der Waals surface area contributed by atoms with Gasteiger partial charge in [-0.1, -0.05) is 12.1 Å². The molecule has 2 N–H and O–H groups in total. The van der Waals surface area contributed by atoms with Gasteiger partial charge in [0.05, 0.1) is 0 Å². The molecule has 0 bridgehead atoms. The molecule has 0 fully saturated rings. The summed E-state index contributed by atoms with van der Waals surface area (Å²) in [7, 11) is 1.82. The molecule has 1 atom stereocenters. The van der Waals surface area contributed by atoms with Crippen LogP contribution in [0.2, 0.25) is 0 Å². The Kier molecular flexibility index (Phi) is 4.29. The van der Waals surface area contributed by atoms with E-state index in [2.05, 4.69) is 10.3 Å². The second-order valence-corrected chi connectivity index (χ2v) is 5.40. The minimum absolute atomic E-state index is 0.0886. The number of hydrogen-bond acceptors (Lipinski definition) is 3. The maximum Gasteiger partial charge on any atom is 0.252 e. The molecule has 0 saturated carbocycles. The molecule has 0 saturated heterocycles. The van der Waals surface area contributed by atoms with Crippen LogP contribution in [0.15, 0.2) is 60.9 Å². The Morgan fingerprint density at radius 1 is 1.17 bits per heavy atom. The van der Waals surface area contributed by atoms with Crippen LogP contribution in [0.5, 0.6) is 5.75 Å². The highest BCUT2D eigenvalue weighted by Gasteiger charge is 2.21. The fourth-order valence-electron chi connectivity index (χ4n) is 2.43. The van der Waals surface area contributed by atoms with Crippen molar-refractivity contribution in [3.8, 4) is 5.75 Å². The molecule has 1 heterocycles. The number of phenols is 1. The summed E-state index contributed by atoms with van der Waals surface area (Å²) in [6.07, 6.45) is 3.41. The maximum absolute atomic E-state index is 13.2. The van der Waals surface area contributed by atoms with E-state index < -0.39 is 6.04 Å². The second-order valence-electron chi connectivity index (χ2n) is 5.40. The van der Waals surface area contributed by atoms with Crippen molar-refractivity contribution in [3.05, 3.63) is 83.7 Å². The van der Waals surface area contributed by atoms with Gasteiger partial charge in [-0.05, 0) is 42.0 Å². The zero-order valence-corrected chi connectivity index (χ0v) is 13.0. The quantitative estimate of drug-likeness (QED) is 0.775. The van der Waals surface area contributed by atoms with Crippen molar-refractivity contribution in [2.24, 2.45) is 7.05 Å². The molecule has 0 aliphatic rings. The van der Waals surface area contributed by atoms with Crippen LogP contribution in [-0.2, 0) is 7.05 Å². The number of nitrogens with one attached hydrogen (secondary N) is 1. The standard InChI is InChI=1S/C18H16FN3O2/c1-22-11-10-20-17(22)16(12-2-6-14(19)7-3-12)21-18(24)13-4-8-15(23)9-5-13/h2-11,16,23H,1H3,(H,21,24). The Bertz CT molecular complexity index is 841. The average molecular weight is 325 g/mol. The number of nitrogens with zero attached hydrogens (tertiary/aromatic N) is 2. The summed E-state index contributed by atoms with van der Waals surface area (Å²) in [5.74, 6) is 0.0639. The monoisotopic (exact) mass is 325 g/mol. The molecule has 5 nitrogen and oxygen atoms in total. The van der Waals surface area contributed by atoms with Gasteiger partial charge in [0.1, 0.15) is 23.4 Å². The first-order chi connectivity index (χ1) is 11.5. The molecule has 3 rings (SSSR count). The largest absolute Gasteiger partial charge is 0.508 e. The van der Waals surface area contributed by atoms with E-state index in [9.17, 15) is 14.3 Å². The molecule has 3 aromatic rings. The van der Waals surface area contributed by atoms with Crippen molar-refractivity contribution >= 4 is 5.91 Å². The number of aromatic hydroxyl groups is 1. The highest BCUT2D eigenvalue weighted by atomic mass is 19.1. The first-order valence-corrected chi connectivity index (χ1v) is 7.37. The summed E-state index contributed by atoms with van der Waals surface area (Å²) in [5, 5.41) is 12.2. The van der Waals surface area contributed by atoms with Gasteiger partial charge in [0.15, 0.2) is 0 Å². The molecule has 0 aliphatic heterocycles. The van der Waals surface area contributed by atoms with Gasteiger partial charge in [-0.15, -0.1) is 0 Å². The fourth-order valence-corrected chi connectivity index (χ4v) is 2.43. The molecule has 122 valence electrons. The number of aromatic nitrogens is 2. The van der Waals surface area contributed by atoms with Gasteiger partial charge in [0, 0.05) is 25.0 Å². The molecule has 1 amide bonds. The number of amides is 1. The molecule has 6 heteroatoms. The third kappa shape index (κ3) is 3.27. The van der Waals surface area contributed by atoms with Crippen LogP contribution < -0.4 is 5.32 Å². The third-order valence-electron chi connectivity index (χ3n) is 3.72. The molecule has 0 radical (unpaired) electrons. The highest BCUT2D eigenvalue weighted by molar-refractivity contribution is 5.94. The number of rotatable bonds is 4. The fraction of sp³-hybridized carbons (Fsp3) is 0.111. The van der Waals surface area contributed by atoms with Gasteiger partial charge < -0.3 is 15.0 Å². The summed E-state index contributed by atoms with van der Waals surface area (Å²) in [6.45, 7) is 0. The van der Waals surface area contributed by atoms with Crippen molar-refractivity contribution in [2.75, 3.05) is 0 Å². The number of halogens is 1. The minimum atomic E-state index is -0.521. The summed E-state index contributed by atoms with van der Waals surface area (Å²) >= 11 is 0. The van der Waals surface area contributed by atoms with Crippen molar-refractivity contribution < 1.29 is 14.3 Å². The molecule has 0 aliphatic carbocycles. The number of hydrogen-bond donors (Lipinski definition) is 2. The lowest BCUT2D eigenvalue weighted by molar-refractivity contribution is 0.0941. The smallest absolute Gasteiger partial charge is 0.252 e. The Balaban J connectivity index is 1.93. The van der Waals surface area contributed by atoms with Crippen molar-refractivity contribution in [3.63, 3.8) is 0 Å². The molecule has 24 heavy (non-hydrogen) atoms. The maximum atomic E-state index is 13.2. The van der Waals surface area contributed by atoms with E-state index in [0.717, 1.165) is 5.56 Å². The van der Waals surface area contributed by atoms with Crippen LogP contribution in [-0.4, -0.2) is 20.6 Å². The van der Waals surface area contributed by atoms with E-state index in [1.54, 1.807) is 29.1 Å². The van der Waals surface area contributed by atoms with Gasteiger partial charge >= 0.3 is 0 Å². The molecule has 1 aromatic heterocycles. The van der Waals surface area contributed by atoms with E-state index in [1.165, 1.54) is 36.4 Å². The summed E-state index contributed by atoms with van der Waals surface area (Å²) < 4.78 is 15.0. The highest BCUT2D eigenvalue weighted by Crippen LogP contribution is 2.21. The first kappa shape index (κ1) is 15.7. The van der Waals surface area contributed by atoms with Crippen LogP contribution in [0.25, 0.3) is 0 Å². The normalized spacial score (nSPS) is 11.9. The average Bonchev–Trinajstić information content (AvgIpc) is 3.00. The van der Waals surface area contributed by atoms with Gasteiger partial charge in [0.2, 0.25) is 0 Å². The SMILES string of the molecule is Cn1ccnc1C(NC(=O)c1ccc(O)cc1)c1ccc(F)cc1. The van der Waals surface area contributed by atoms with Gasteiger partial charge in [0.25, 0.3) is 5.91 Å². The van der Waals surface area contributed by atoms with E-state index in [1.807, 2.05) is 7.05 Å². The molecular weight excluding hydrogens is 309 g/mol. The minimum Gasteiger partial charge on any atom is -0.508 e. The Morgan fingerprint density at radius 2 is 1.83 bits per heavy atom. The van der Waals surface area contributed by atoms with E-state index >= 15 is 0 Å². The number of carbonyl (C=O) groups excluding carboxylic acids is 1. The number of phenolic OH excluding ortho intramolecular Hbond substituents is 1. The van der Waals surface area contributed by atoms with Crippen molar-refractivity contribution in [1.82, 2.24) is 14.9 Å². The predicted molar refractivity (Wildman–Crippen MR) is 87.0 cm³/mol.